The van der Waals surface area contributed by atoms with Crippen molar-refractivity contribution in [3.8, 4) is 0 Å². The Morgan fingerprint density at radius 2 is 1.95 bits per heavy atom. The Bertz CT molecular complexity index is 547. The molecule has 0 aromatic carbocycles. The molecule has 6 nitrogen and oxygen atoms in total. The summed E-state index contributed by atoms with van der Waals surface area (Å²) in [6, 6.07) is 0. The second-order valence-electron chi connectivity index (χ2n) is 5.95. The minimum Gasteiger partial charge on any atom is -0.481 e. The van der Waals surface area contributed by atoms with E-state index in [1.54, 1.807) is 0 Å². The van der Waals surface area contributed by atoms with Crippen molar-refractivity contribution in [1.82, 2.24) is 15.3 Å². The number of amides is 1. The van der Waals surface area contributed by atoms with E-state index in [1.165, 1.54) is 6.20 Å². The predicted molar refractivity (Wildman–Crippen MR) is 84.0 cm³/mol. The van der Waals surface area contributed by atoms with Crippen LogP contribution in [-0.4, -0.2) is 33.5 Å². The molecule has 0 aliphatic rings. The van der Waals surface area contributed by atoms with Crippen molar-refractivity contribution < 1.29 is 14.7 Å². The summed E-state index contributed by atoms with van der Waals surface area (Å²) in [4.78, 5) is 31.6. The van der Waals surface area contributed by atoms with E-state index in [9.17, 15) is 14.7 Å². The maximum atomic E-state index is 12.2. The summed E-state index contributed by atoms with van der Waals surface area (Å²) in [7, 11) is 0. The number of rotatable bonds is 7. The topological polar surface area (TPSA) is 92.2 Å². The summed E-state index contributed by atoms with van der Waals surface area (Å²) in [5, 5.41) is 11.9. The van der Waals surface area contributed by atoms with Gasteiger partial charge in [-0.3, -0.25) is 9.59 Å². The van der Waals surface area contributed by atoms with Gasteiger partial charge in [0, 0.05) is 12.5 Å². The number of hydrogen-bond donors (Lipinski definition) is 2. The van der Waals surface area contributed by atoms with Crippen LogP contribution in [0.3, 0.4) is 0 Å². The smallest absolute Gasteiger partial charge is 0.308 e. The zero-order valence-electron chi connectivity index (χ0n) is 13.3. The third-order valence-electron chi connectivity index (χ3n) is 3.11. The summed E-state index contributed by atoms with van der Waals surface area (Å²) in [5.74, 6) is -1.22. The molecular formula is C15H22ClN3O3. The van der Waals surface area contributed by atoms with Crippen LogP contribution in [0.5, 0.6) is 0 Å². The highest BCUT2D eigenvalue weighted by atomic mass is 35.5. The molecule has 2 N–H and O–H groups in total. The van der Waals surface area contributed by atoms with Crippen LogP contribution in [0.1, 0.15) is 56.3 Å². The molecular weight excluding hydrogens is 306 g/mol. The molecule has 7 heteroatoms. The molecule has 1 amide bonds. The molecule has 1 unspecified atom stereocenters. The lowest BCUT2D eigenvalue weighted by Gasteiger charge is -2.15. The van der Waals surface area contributed by atoms with Crippen LogP contribution in [0.25, 0.3) is 0 Å². The van der Waals surface area contributed by atoms with Crippen molar-refractivity contribution in [3.05, 3.63) is 22.7 Å². The number of aliphatic carboxylic acids is 1. The Morgan fingerprint density at radius 1 is 1.32 bits per heavy atom. The fourth-order valence-electron chi connectivity index (χ4n) is 1.96. The first kappa shape index (κ1) is 18.4. The SMILES string of the molecule is CC(C)CC(CNC(=O)c1nc(C(C)C)ncc1Cl)C(=O)O. The minimum absolute atomic E-state index is 0.0453. The molecule has 0 spiro atoms. The Labute approximate surface area is 135 Å². The molecule has 1 heterocycles. The van der Waals surface area contributed by atoms with Crippen molar-refractivity contribution in [2.45, 2.75) is 40.0 Å². The molecule has 1 atom stereocenters. The number of carbonyl (C=O) groups excluding carboxylic acids is 1. The Balaban J connectivity index is 2.80. The fraction of sp³-hybridized carbons (Fsp3) is 0.600. The Morgan fingerprint density at radius 3 is 2.45 bits per heavy atom. The summed E-state index contributed by atoms with van der Waals surface area (Å²) in [6.45, 7) is 7.74. The molecule has 0 aliphatic carbocycles. The maximum absolute atomic E-state index is 12.2. The van der Waals surface area contributed by atoms with Gasteiger partial charge in [0.1, 0.15) is 11.5 Å². The first-order chi connectivity index (χ1) is 10.2. The van der Waals surface area contributed by atoms with Crippen LogP contribution < -0.4 is 5.32 Å². The molecule has 0 saturated heterocycles. The molecule has 0 bridgehead atoms. The standard InChI is InChI=1S/C15H22ClN3O3/c1-8(2)5-10(15(21)22)6-18-14(20)12-11(16)7-17-13(19-12)9(3)4/h7-10H,5-6H2,1-4H3,(H,18,20)(H,21,22). The largest absolute Gasteiger partial charge is 0.481 e. The molecule has 1 aromatic heterocycles. The number of carbonyl (C=O) groups is 2. The van der Waals surface area contributed by atoms with Crippen molar-refractivity contribution in [1.29, 1.82) is 0 Å². The van der Waals surface area contributed by atoms with Crippen molar-refractivity contribution in [2.24, 2.45) is 11.8 Å². The van der Waals surface area contributed by atoms with Gasteiger partial charge in [-0.05, 0) is 12.3 Å². The van der Waals surface area contributed by atoms with Gasteiger partial charge in [0.25, 0.3) is 5.91 Å². The number of hydrogen-bond acceptors (Lipinski definition) is 4. The van der Waals surface area contributed by atoms with E-state index in [2.05, 4.69) is 15.3 Å². The molecule has 122 valence electrons. The Kier molecular flexibility index (Phi) is 6.74. The number of carboxylic acid groups (broad SMARTS) is 1. The number of carboxylic acids is 1. The second-order valence-corrected chi connectivity index (χ2v) is 6.36. The van der Waals surface area contributed by atoms with Gasteiger partial charge in [0.05, 0.1) is 17.1 Å². The molecule has 0 saturated carbocycles. The number of halogens is 1. The van der Waals surface area contributed by atoms with Gasteiger partial charge in [0.15, 0.2) is 0 Å². The van der Waals surface area contributed by atoms with Crippen LogP contribution in [0.4, 0.5) is 0 Å². The molecule has 0 fully saturated rings. The number of aromatic nitrogens is 2. The second kappa shape index (κ2) is 8.08. The summed E-state index contributed by atoms with van der Waals surface area (Å²) < 4.78 is 0. The first-order valence-corrected chi connectivity index (χ1v) is 7.63. The highest BCUT2D eigenvalue weighted by Gasteiger charge is 2.21. The highest BCUT2D eigenvalue weighted by Crippen LogP contribution is 2.17. The third kappa shape index (κ3) is 5.26. The summed E-state index contributed by atoms with van der Waals surface area (Å²) in [6.07, 6.45) is 1.88. The van der Waals surface area contributed by atoms with Crippen LogP contribution >= 0.6 is 11.6 Å². The van der Waals surface area contributed by atoms with E-state index >= 15 is 0 Å². The van der Waals surface area contributed by atoms with Gasteiger partial charge in [-0.2, -0.15) is 0 Å². The minimum atomic E-state index is -0.925. The van der Waals surface area contributed by atoms with Crippen LogP contribution in [-0.2, 0) is 4.79 Å². The summed E-state index contributed by atoms with van der Waals surface area (Å²) in [5.41, 5.74) is 0.0778. The van der Waals surface area contributed by atoms with E-state index in [0.717, 1.165) is 0 Å². The van der Waals surface area contributed by atoms with Gasteiger partial charge in [-0.1, -0.05) is 39.3 Å². The maximum Gasteiger partial charge on any atom is 0.308 e. The quantitative estimate of drug-likeness (QED) is 0.803. The third-order valence-corrected chi connectivity index (χ3v) is 3.38. The first-order valence-electron chi connectivity index (χ1n) is 7.25. The van der Waals surface area contributed by atoms with E-state index < -0.39 is 17.8 Å². The van der Waals surface area contributed by atoms with E-state index in [1.807, 2.05) is 27.7 Å². The molecule has 0 aliphatic heterocycles. The lowest BCUT2D eigenvalue weighted by molar-refractivity contribution is -0.142. The van der Waals surface area contributed by atoms with E-state index in [4.69, 9.17) is 11.6 Å². The average Bonchev–Trinajstić information content (AvgIpc) is 2.42. The molecule has 1 rings (SSSR count). The zero-order valence-corrected chi connectivity index (χ0v) is 14.0. The highest BCUT2D eigenvalue weighted by molar-refractivity contribution is 6.33. The zero-order chi connectivity index (χ0) is 16.9. The lowest BCUT2D eigenvalue weighted by Crippen LogP contribution is -2.34. The summed E-state index contributed by atoms with van der Waals surface area (Å²) >= 11 is 5.96. The van der Waals surface area contributed by atoms with Gasteiger partial charge in [-0.25, -0.2) is 9.97 Å². The molecule has 0 radical (unpaired) electrons. The van der Waals surface area contributed by atoms with Crippen molar-refractivity contribution in [3.63, 3.8) is 0 Å². The van der Waals surface area contributed by atoms with Crippen molar-refractivity contribution in [2.75, 3.05) is 6.54 Å². The van der Waals surface area contributed by atoms with Crippen LogP contribution in [0, 0.1) is 11.8 Å². The molecule has 22 heavy (non-hydrogen) atoms. The predicted octanol–water partition coefficient (Wildman–Crippen LogP) is 2.73. The monoisotopic (exact) mass is 327 g/mol. The Hall–Kier alpha value is -1.69. The van der Waals surface area contributed by atoms with Gasteiger partial charge in [0.2, 0.25) is 0 Å². The van der Waals surface area contributed by atoms with Crippen LogP contribution in [0.2, 0.25) is 5.02 Å². The van der Waals surface area contributed by atoms with Crippen molar-refractivity contribution >= 4 is 23.5 Å². The van der Waals surface area contributed by atoms with E-state index in [-0.39, 0.29) is 29.1 Å². The van der Waals surface area contributed by atoms with E-state index in [0.29, 0.717) is 12.2 Å². The normalized spacial score (nSPS) is 12.5. The average molecular weight is 328 g/mol. The number of nitrogens with one attached hydrogen (secondary N) is 1. The lowest BCUT2D eigenvalue weighted by atomic mass is 9.97. The van der Waals surface area contributed by atoms with Gasteiger partial charge >= 0.3 is 5.97 Å². The number of nitrogens with zero attached hydrogens (tertiary/aromatic N) is 2. The van der Waals surface area contributed by atoms with Gasteiger partial charge in [-0.15, -0.1) is 0 Å². The molecule has 1 aromatic rings. The fourth-order valence-corrected chi connectivity index (χ4v) is 2.14. The van der Waals surface area contributed by atoms with Crippen LogP contribution in [0.15, 0.2) is 6.20 Å². The van der Waals surface area contributed by atoms with Gasteiger partial charge < -0.3 is 10.4 Å².